The molecule has 1 aromatic rings. The van der Waals surface area contributed by atoms with Crippen molar-refractivity contribution in [1.29, 1.82) is 0 Å². The van der Waals surface area contributed by atoms with Gasteiger partial charge in [-0.2, -0.15) is 0 Å². The molecule has 0 spiro atoms. The molecule has 0 aliphatic carbocycles. The molecule has 1 rings (SSSR count). The topological polar surface area (TPSA) is 27.7 Å². The van der Waals surface area contributed by atoms with E-state index in [1.165, 1.54) is 5.56 Å². The van der Waals surface area contributed by atoms with Crippen LogP contribution in [0.2, 0.25) is 39.3 Å². The molecule has 0 fully saturated rings. The SMILES string of the molecule is C=CCc1ccc([Si](O[SiH](C)C)(O[SiH](C)C)O[SiH](C)C)cc1. The molecule has 0 radical (unpaired) electrons. The standard InChI is InChI=1S/C15H30O3Si4/c1-8-9-14-10-12-15(13-11-14)22(16-19(2)3,17-20(4)5)18-21(6)7/h8,10-13,19-21H,1,9H2,2-7H3. The van der Waals surface area contributed by atoms with Crippen LogP contribution in [0.25, 0.3) is 0 Å². The third-order valence-corrected chi connectivity index (χ3v) is 13.3. The van der Waals surface area contributed by atoms with E-state index < -0.39 is 35.9 Å². The van der Waals surface area contributed by atoms with Gasteiger partial charge in [0, 0.05) is 5.19 Å². The zero-order valence-corrected chi connectivity index (χ0v) is 19.2. The molecule has 1 aromatic carbocycles. The molecule has 0 aliphatic heterocycles. The van der Waals surface area contributed by atoms with Gasteiger partial charge in [0.1, 0.15) is 0 Å². The third-order valence-electron chi connectivity index (χ3n) is 2.86. The minimum Gasteiger partial charge on any atom is -0.416 e. The van der Waals surface area contributed by atoms with Crippen LogP contribution in [0, 0.1) is 0 Å². The molecule has 0 atom stereocenters. The van der Waals surface area contributed by atoms with E-state index in [0.717, 1.165) is 11.6 Å². The Labute approximate surface area is 141 Å². The van der Waals surface area contributed by atoms with E-state index in [9.17, 15) is 0 Å². The highest BCUT2D eigenvalue weighted by Crippen LogP contribution is 2.16. The summed E-state index contributed by atoms with van der Waals surface area (Å²) in [5.41, 5.74) is 1.26. The average Bonchev–Trinajstić information content (AvgIpc) is 2.37. The van der Waals surface area contributed by atoms with Crippen molar-refractivity contribution in [2.75, 3.05) is 0 Å². The van der Waals surface area contributed by atoms with E-state index in [2.05, 4.69) is 70.1 Å². The number of hydrogen-bond donors (Lipinski definition) is 0. The van der Waals surface area contributed by atoms with Gasteiger partial charge in [-0.05, 0) is 51.3 Å². The lowest BCUT2D eigenvalue weighted by molar-refractivity contribution is 0.290. The molecule has 0 saturated carbocycles. The van der Waals surface area contributed by atoms with Crippen LogP contribution in [0.15, 0.2) is 36.9 Å². The fraction of sp³-hybridized carbons (Fsp3) is 0.467. The second-order valence-electron chi connectivity index (χ2n) is 6.25. The summed E-state index contributed by atoms with van der Waals surface area (Å²) >= 11 is 0. The van der Waals surface area contributed by atoms with Crippen molar-refractivity contribution in [2.45, 2.75) is 45.7 Å². The summed E-state index contributed by atoms with van der Waals surface area (Å²) in [5, 5.41) is 1.11. The molecule has 0 bridgehead atoms. The highest BCUT2D eigenvalue weighted by atomic mass is 28.5. The number of allylic oxidation sites excluding steroid dienone is 1. The van der Waals surface area contributed by atoms with Crippen LogP contribution in [0.4, 0.5) is 0 Å². The van der Waals surface area contributed by atoms with Gasteiger partial charge in [-0.15, -0.1) is 6.58 Å². The van der Waals surface area contributed by atoms with Crippen LogP contribution >= 0.6 is 0 Å². The predicted molar refractivity (Wildman–Crippen MR) is 106 cm³/mol. The minimum atomic E-state index is -2.75. The molecule has 0 aromatic heterocycles. The lowest BCUT2D eigenvalue weighted by Gasteiger charge is -2.35. The molecule has 0 amide bonds. The van der Waals surface area contributed by atoms with Crippen LogP contribution in [0.1, 0.15) is 5.56 Å². The summed E-state index contributed by atoms with van der Waals surface area (Å²) in [5.74, 6) is 0. The fourth-order valence-electron chi connectivity index (χ4n) is 2.23. The van der Waals surface area contributed by atoms with Crippen LogP contribution in [0.3, 0.4) is 0 Å². The van der Waals surface area contributed by atoms with Gasteiger partial charge in [-0.25, -0.2) is 0 Å². The van der Waals surface area contributed by atoms with E-state index in [0.29, 0.717) is 0 Å². The zero-order valence-electron chi connectivity index (χ0n) is 14.8. The lowest BCUT2D eigenvalue weighted by Crippen LogP contribution is -2.62. The van der Waals surface area contributed by atoms with Crippen molar-refractivity contribution in [2.24, 2.45) is 0 Å². The first kappa shape index (κ1) is 19.8. The Kier molecular flexibility index (Phi) is 8.18. The second kappa shape index (κ2) is 9.11. The van der Waals surface area contributed by atoms with Gasteiger partial charge >= 0.3 is 8.80 Å². The van der Waals surface area contributed by atoms with E-state index in [1.807, 2.05) is 6.08 Å². The normalized spacial score (nSPS) is 12.4. The highest BCUT2D eigenvalue weighted by Gasteiger charge is 2.45. The Hall–Kier alpha value is -0.292. The quantitative estimate of drug-likeness (QED) is 0.494. The fourth-order valence-corrected chi connectivity index (χ4v) is 14.1. The van der Waals surface area contributed by atoms with Crippen molar-refractivity contribution < 1.29 is 12.3 Å². The minimum absolute atomic E-state index is 0.883. The molecule has 7 heteroatoms. The first-order chi connectivity index (χ1) is 10.3. The maximum absolute atomic E-state index is 6.43. The van der Waals surface area contributed by atoms with E-state index in [1.54, 1.807) is 0 Å². The molecule has 0 unspecified atom stereocenters. The Morgan fingerprint density at radius 1 is 0.864 bits per heavy atom. The van der Waals surface area contributed by atoms with Crippen molar-refractivity contribution in [3.05, 3.63) is 42.5 Å². The molecule has 0 N–H and O–H groups in total. The maximum Gasteiger partial charge on any atom is 0.505 e. The van der Waals surface area contributed by atoms with Crippen LogP contribution in [-0.4, -0.2) is 35.9 Å². The first-order valence-corrected chi connectivity index (χ1v) is 18.1. The van der Waals surface area contributed by atoms with Crippen LogP contribution in [-0.2, 0) is 18.8 Å². The third kappa shape index (κ3) is 6.07. The van der Waals surface area contributed by atoms with Crippen molar-refractivity contribution in [3.8, 4) is 0 Å². The largest absolute Gasteiger partial charge is 0.505 e. The number of hydrogen-bond acceptors (Lipinski definition) is 3. The molecule has 0 saturated heterocycles. The summed E-state index contributed by atoms with van der Waals surface area (Å²) in [4.78, 5) is 0. The Morgan fingerprint density at radius 3 is 1.59 bits per heavy atom. The summed E-state index contributed by atoms with van der Waals surface area (Å²) in [7, 11) is -6.55. The summed E-state index contributed by atoms with van der Waals surface area (Å²) in [6, 6.07) is 8.55. The van der Waals surface area contributed by atoms with Crippen LogP contribution < -0.4 is 5.19 Å². The Balaban J connectivity index is 3.21. The van der Waals surface area contributed by atoms with Crippen molar-refractivity contribution in [3.63, 3.8) is 0 Å². The first-order valence-electron chi connectivity index (χ1n) is 8.02. The van der Waals surface area contributed by atoms with Crippen molar-refractivity contribution in [1.82, 2.24) is 0 Å². The molecule has 0 heterocycles. The van der Waals surface area contributed by atoms with Crippen molar-refractivity contribution >= 4 is 41.1 Å². The van der Waals surface area contributed by atoms with Gasteiger partial charge in [-0.1, -0.05) is 30.3 Å². The molecule has 124 valence electrons. The number of rotatable bonds is 9. The predicted octanol–water partition coefficient (Wildman–Crippen LogP) is 2.56. The Morgan fingerprint density at radius 2 is 1.27 bits per heavy atom. The van der Waals surface area contributed by atoms with E-state index in [-0.39, 0.29) is 0 Å². The summed E-state index contributed by atoms with van der Waals surface area (Å²) < 4.78 is 19.3. The zero-order chi connectivity index (χ0) is 16.8. The maximum atomic E-state index is 6.43. The van der Waals surface area contributed by atoms with Gasteiger partial charge in [0.05, 0.1) is 0 Å². The number of benzene rings is 1. The van der Waals surface area contributed by atoms with E-state index >= 15 is 0 Å². The average molecular weight is 371 g/mol. The van der Waals surface area contributed by atoms with E-state index in [4.69, 9.17) is 12.3 Å². The molecule has 0 aliphatic rings. The lowest BCUT2D eigenvalue weighted by atomic mass is 10.2. The molecular weight excluding hydrogens is 341 g/mol. The summed E-state index contributed by atoms with van der Waals surface area (Å²) in [6.45, 7) is 16.9. The molecule has 22 heavy (non-hydrogen) atoms. The van der Waals surface area contributed by atoms with Gasteiger partial charge in [0.15, 0.2) is 27.1 Å². The van der Waals surface area contributed by atoms with Gasteiger partial charge < -0.3 is 12.3 Å². The summed E-state index contributed by atoms with van der Waals surface area (Å²) in [6.07, 6.45) is 2.81. The van der Waals surface area contributed by atoms with Gasteiger partial charge in [0.2, 0.25) is 0 Å². The second-order valence-corrected chi connectivity index (χ2v) is 17.1. The monoisotopic (exact) mass is 370 g/mol. The smallest absolute Gasteiger partial charge is 0.416 e. The highest BCUT2D eigenvalue weighted by molar-refractivity contribution is 6.88. The van der Waals surface area contributed by atoms with Crippen LogP contribution in [0.5, 0.6) is 0 Å². The van der Waals surface area contributed by atoms with Gasteiger partial charge in [-0.3, -0.25) is 0 Å². The van der Waals surface area contributed by atoms with Gasteiger partial charge in [0.25, 0.3) is 0 Å². The molecule has 3 nitrogen and oxygen atoms in total. The molecular formula is C15H30O3Si4. The Bertz CT molecular complexity index is 434.